The Hall–Kier alpha value is -3.06. The first-order valence-corrected chi connectivity index (χ1v) is 10.1. The van der Waals surface area contributed by atoms with Crippen LogP contribution in [0, 0.1) is 0 Å². The third kappa shape index (κ3) is 3.61. The fraction of sp³-hybridized carbons (Fsp3) is 0.391. The molecule has 2 atom stereocenters. The van der Waals surface area contributed by atoms with Gasteiger partial charge in [-0.3, -0.25) is 14.7 Å². The predicted octanol–water partition coefficient (Wildman–Crippen LogP) is 3.58. The van der Waals surface area contributed by atoms with Crippen molar-refractivity contribution in [2.45, 2.75) is 32.5 Å². The molecule has 158 valence electrons. The number of carbonyl (C=O) groups is 1. The number of hydrogen-bond acceptors (Lipinski definition) is 6. The number of nitrogens with zero attached hydrogens (tertiary/aromatic N) is 3. The molecule has 0 unspecified atom stereocenters. The van der Waals surface area contributed by atoms with Gasteiger partial charge in [-0.05, 0) is 26.0 Å². The van der Waals surface area contributed by atoms with E-state index in [9.17, 15) is 4.79 Å². The molecule has 7 nitrogen and oxygen atoms in total. The van der Waals surface area contributed by atoms with Crippen molar-refractivity contribution >= 4 is 16.9 Å². The monoisotopic (exact) mass is 409 g/mol. The number of piperazine rings is 1. The maximum Gasteiger partial charge on any atom is 0.289 e. The van der Waals surface area contributed by atoms with Gasteiger partial charge in [-0.15, -0.1) is 0 Å². The summed E-state index contributed by atoms with van der Waals surface area (Å²) in [4.78, 5) is 21.8. The van der Waals surface area contributed by atoms with Crippen LogP contribution in [0.25, 0.3) is 11.0 Å². The maximum atomic E-state index is 13.1. The Morgan fingerprint density at radius 3 is 2.67 bits per heavy atom. The standard InChI is InChI=1S/C23H27N3O4/c1-15-16(2)26(23(27)21-13-17-7-5-6-8-19(17)30-21)12-11-25(15)14-18-22(29-4)20(28-3)9-10-24-18/h5-10,13,15-16H,11-12,14H2,1-4H3/t15-,16-/m1/s1. The Labute approximate surface area is 176 Å². The molecule has 2 aromatic heterocycles. The summed E-state index contributed by atoms with van der Waals surface area (Å²) >= 11 is 0. The average molecular weight is 409 g/mol. The third-order valence-electron chi connectivity index (χ3n) is 6.01. The normalized spacial score (nSPS) is 19.8. The lowest BCUT2D eigenvalue weighted by molar-refractivity contribution is 0.0223. The minimum absolute atomic E-state index is 0.0241. The van der Waals surface area contributed by atoms with Crippen molar-refractivity contribution in [1.82, 2.24) is 14.8 Å². The molecule has 0 bridgehead atoms. The summed E-state index contributed by atoms with van der Waals surface area (Å²) in [6, 6.07) is 11.5. The van der Waals surface area contributed by atoms with Gasteiger partial charge in [0.15, 0.2) is 17.3 Å². The molecule has 1 aliphatic rings. The van der Waals surface area contributed by atoms with Gasteiger partial charge in [0.1, 0.15) is 11.3 Å². The first kappa shape index (κ1) is 20.2. The molecule has 1 amide bonds. The number of pyridine rings is 1. The van der Waals surface area contributed by atoms with E-state index < -0.39 is 0 Å². The molecule has 1 aromatic carbocycles. The van der Waals surface area contributed by atoms with Crippen LogP contribution in [0.15, 0.2) is 47.0 Å². The van der Waals surface area contributed by atoms with Gasteiger partial charge in [0.25, 0.3) is 5.91 Å². The SMILES string of the molecule is COc1ccnc(CN2CCN(C(=O)c3cc4ccccc4o3)[C@H](C)[C@H]2C)c1OC. The number of furan rings is 1. The molecule has 0 aliphatic carbocycles. The van der Waals surface area contributed by atoms with Gasteiger partial charge in [-0.25, -0.2) is 0 Å². The van der Waals surface area contributed by atoms with E-state index in [4.69, 9.17) is 13.9 Å². The van der Waals surface area contributed by atoms with Crippen molar-refractivity contribution in [3.8, 4) is 11.5 Å². The van der Waals surface area contributed by atoms with E-state index in [0.29, 0.717) is 30.3 Å². The minimum Gasteiger partial charge on any atom is -0.493 e. The van der Waals surface area contributed by atoms with Gasteiger partial charge < -0.3 is 18.8 Å². The molecule has 0 saturated carbocycles. The van der Waals surface area contributed by atoms with E-state index in [1.165, 1.54) is 0 Å². The number of para-hydroxylation sites is 1. The number of benzene rings is 1. The molecule has 0 N–H and O–H groups in total. The van der Waals surface area contributed by atoms with E-state index in [-0.39, 0.29) is 18.0 Å². The maximum absolute atomic E-state index is 13.1. The lowest BCUT2D eigenvalue weighted by Crippen LogP contribution is -2.58. The van der Waals surface area contributed by atoms with Gasteiger partial charge in [-0.2, -0.15) is 0 Å². The Morgan fingerprint density at radius 1 is 1.13 bits per heavy atom. The van der Waals surface area contributed by atoms with Gasteiger partial charge in [0.05, 0.1) is 14.2 Å². The second-order valence-electron chi connectivity index (χ2n) is 7.59. The van der Waals surface area contributed by atoms with Crippen molar-refractivity contribution < 1.29 is 18.7 Å². The van der Waals surface area contributed by atoms with E-state index in [0.717, 1.165) is 23.2 Å². The van der Waals surface area contributed by atoms with Crippen LogP contribution in [-0.4, -0.2) is 60.1 Å². The highest BCUT2D eigenvalue weighted by Crippen LogP contribution is 2.31. The van der Waals surface area contributed by atoms with E-state index >= 15 is 0 Å². The summed E-state index contributed by atoms with van der Waals surface area (Å²) in [5.74, 6) is 1.64. The number of amides is 1. The smallest absolute Gasteiger partial charge is 0.289 e. The largest absolute Gasteiger partial charge is 0.493 e. The molecule has 7 heteroatoms. The molecule has 0 radical (unpaired) electrons. The highest BCUT2D eigenvalue weighted by atomic mass is 16.5. The summed E-state index contributed by atoms with van der Waals surface area (Å²) in [5.41, 5.74) is 1.56. The molecule has 4 rings (SSSR count). The second-order valence-corrected chi connectivity index (χ2v) is 7.59. The zero-order valence-corrected chi connectivity index (χ0v) is 17.8. The molecule has 3 aromatic rings. The van der Waals surface area contributed by atoms with E-state index in [2.05, 4.69) is 23.7 Å². The van der Waals surface area contributed by atoms with Gasteiger partial charge in [-0.1, -0.05) is 18.2 Å². The van der Waals surface area contributed by atoms with Crippen LogP contribution >= 0.6 is 0 Å². The molecular weight excluding hydrogens is 382 g/mol. The Bertz CT molecular complexity index is 1010. The van der Waals surface area contributed by atoms with Crippen LogP contribution < -0.4 is 9.47 Å². The highest BCUT2D eigenvalue weighted by Gasteiger charge is 2.35. The molecule has 3 heterocycles. The summed E-state index contributed by atoms with van der Waals surface area (Å²) in [5, 5.41) is 0.941. The first-order valence-electron chi connectivity index (χ1n) is 10.1. The fourth-order valence-electron chi connectivity index (χ4n) is 4.10. The molecule has 1 saturated heterocycles. The van der Waals surface area contributed by atoms with Crippen LogP contribution in [0.1, 0.15) is 30.1 Å². The average Bonchev–Trinajstić information content (AvgIpc) is 3.20. The quantitative estimate of drug-likeness (QED) is 0.642. The van der Waals surface area contributed by atoms with Crippen LogP contribution in [0.3, 0.4) is 0 Å². The van der Waals surface area contributed by atoms with Crippen molar-refractivity contribution in [3.63, 3.8) is 0 Å². The number of rotatable bonds is 5. The fourth-order valence-corrected chi connectivity index (χ4v) is 4.10. The summed E-state index contributed by atoms with van der Waals surface area (Å²) < 4.78 is 16.7. The first-order chi connectivity index (χ1) is 14.5. The minimum atomic E-state index is -0.0673. The van der Waals surface area contributed by atoms with Gasteiger partial charge in [0, 0.05) is 49.4 Å². The summed E-state index contributed by atoms with van der Waals surface area (Å²) in [7, 11) is 3.24. The topological polar surface area (TPSA) is 68.0 Å². The Balaban J connectivity index is 1.50. The van der Waals surface area contributed by atoms with E-state index in [1.54, 1.807) is 26.5 Å². The van der Waals surface area contributed by atoms with Crippen LogP contribution in [-0.2, 0) is 6.54 Å². The lowest BCUT2D eigenvalue weighted by Gasteiger charge is -2.44. The van der Waals surface area contributed by atoms with Crippen LogP contribution in [0.4, 0.5) is 0 Å². The van der Waals surface area contributed by atoms with Crippen LogP contribution in [0.2, 0.25) is 0 Å². The number of hydrogen-bond donors (Lipinski definition) is 0. The number of aromatic nitrogens is 1. The predicted molar refractivity (Wildman–Crippen MR) is 114 cm³/mol. The third-order valence-corrected chi connectivity index (χ3v) is 6.01. The van der Waals surface area contributed by atoms with Crippen molar-refractivity contribution in [3.05, 3.63) is 54.0 Å². The van der Waals surface area contributed by atoms with Crippen LogP contribution in [0.5, 0.6) is 11.5 Å². The van der Waals surface area contributed by atoms with Gasteiger partial charge in [0.2, 0.25) is 0 Å². The Kier molecular flexibility index (Phi) is 5.63. The summed E-state index contributed by atoms with van der Waals surface area (Å²) in [6.07, 6.45) is 1.73. The molecule has 0 spiro atoms. The molecule has 30 heavy (non-hydrogen) atoms. The number of fused-ring (bicyclic) bond motifs is 1. The summed E-state index contributed by atoms with van der Waals surface area (Å²) in [6.45, 7) is 6.19. The van der Waals surface area contributed by atoms with Crippen molar-refractivity contribution in [2.75, 3.05) is 27.3 Å². The zero-order valence-electron chi connectivity index (χ0n) is 17.8. The van der Waals surface area contributed by atoms with Crippen molar-refractivity contribution in [2.24, 2.45) is 0 Å². The van der Waals surface area contributed by atoms with Gasteiger partial charge >= 0.3 is 0 Å². The molecule has 1 fully saturated rings. The zero-order chi connectivity index (χ0) is 21.3. The number of methoxy groups -OCH3 is 2. The molecular formula is C23H27N3O4. The Morgan fingerprint density at radius 2 is 1.93 bits per heavy atom. The van der Waals surface area contributed by atoms with E-state index in [1.807, 2.05) is 35.2 Å². The highest BCUT2D eigenvalue weighted by molar-refractivity contribution is 5.96. The second kappa shape index (κ2) is 8.36. The lowest BCUT2D eigenvalue weighted by atomic mass is 10.0. The number of ether oxygens (including phenoxy) is 2. The van der Waals surface area contributed by atoms with Crippen molar-refractivity contribution in [1.29, 1.82) is 0 Å². The molecule has 1 aliphatic heterocycles. The number of carbonyl (C=O) groups excluding carboxylic acids is 1.